The molecule has 0 N–H and O–H groups in total. The SMILES string of the molecule is CCN(CC)C(=O)c1ccc2c(c1C)OCC1(CC(C)C1)O2. The lowest BCUT2D eigenvalue weighted by Crippen LogP contribution is -2.54. The maximum atomic E-state index is 12.6. The number of hydrogen-bond acceptors (Lipinski definition) is 3. The van der Waals surface area contributed by atoms with E-state index < -0.39 is 0 Å². The molecule has 1 fully saturated rings. The summed E-state index contributed by atoms with van der Waals surface area (Å²) in [6, 6.07) is 3.77. The second-order valence-corrected chi connectivity index (χ2v) is 6.63. The van der Waals surface area contributed by atoms with Crippen LogP contribution in [0.25, 0.3) is 0 Å². The Labute approximate surface area is 132 Å². The first-order valence-corrected chi connectivity index (χ1v) is 8.24. The first-order chi connectivity index (χ1) is 10.5. The Bertz CT molecular complexity index is 586. The van der Waals surface area contributed by atoms with Crippen molar-refractivity contribution < 1.29 is 14.3 Å². The van der Waals surface area contributed by atoms with Crippen LogP contribution in [0.1, 0.15) is 49.5 Å². The van der Waals surface area contributed by atoms with Crippen molar-refractivity contribution in [2.75, 3.05) is 19.7 Å². The van der Waals surface area contributed by atoms with Gasteiger partial charge in [-0.2, -0.15) is 0 Å². The number of nitrogens with zero attached hydrogens (tertiary/aromatic N) is 1. The van der Waals surface area contributed by atoms with Crippen LogP contribution in [-0.4, -0.2) is 36.1 Å². The van der Waals surface area contributed by atoms with Crippen molar-refractivity contribution in [2.45, 2.75) is 46.1 Å². The Kier molecular flexibility index (Phi) is 3.79. The van der Waals surface area contributed by atoms with Crippen LogP contribution in [-0.2, 0) is 0 Å². The molecule has 0 aromatic heterocycles. The van der Waals surface area contributed by atoms with Crippen molar-refractivity contribution in [2.24, 2.45) is 5.92 Å². The quantitative estimate of drug-likeness (QED) is 0.859. The fraction of sp³-hybridized carbons (Fsp3) is 0.611. The molecule has 1 amide bonds. The highest BCUT2D eigenvalue weighted by Gasteiger charge is 2.48. The summed E-state index contributed by atoms with van der Waals surface area (Å²) in [5.74, 6) is 2.29. The molecule has 1 aliphatic heterocycles. The van der Waals surface area contributed by atoms with Gasteiger partial charge in [0.2, 0.25) is 0 Å². The molecule has 0 atom stereocenters. The molecule has 1 heterocycles. The molecule has 4 heteroatoms. The number of benzene rings is 1. The Morgan fingerprint density at radius 1 is 1.32 bits per heavy atom. The second kappa shape index (κ2) is 5.49. The molecule has 0 unspecified atom stereocenters. The maximum absolute atomic E-state index is 12.6. The Balaban J connectivity index is 1.88. The van der Waals surface area contributed by atoms with E-state index in [1.807, 2.05) is 37.8 Å². The van der Waals surface area contributed by atoms with Gasteiger partial charge in [0.05, 0.1) is 0 Å². The number of hydrogen-bond donors (Lipinski definition) is 0. The van der Waals surface area contributed by atoms with Crippen molar-refractivity contribution in [3.05, 3.63) is 23.3 Å². The average Bonchev–Trinajstić information content (AvgIpc) is 2.47. The van der Waals surface area contributed by atoms with Gasteiger partial charge in [-0.05, 0) is 51.7 Å². The van der Waals surface area contributed by atoms with Gasteiger partial charge < -0.3 is 14.4 Å². The fourth-order valence-corrected chi connectivity index (χ4v) is 3.72. The number of carbonyl (C=O) groups is 1. The van der Waals surface area contributed by atoms with Crippen LogP contribution < -0.4 is 9.47 Å². The van der Waals surface area contributed by atoms with Gasteiger partial charge in [-0.3, -0.25) is 4.79 Å². The highest BCUT2D eigenvalue weighted by Crippen LogP contribution is 2.48. The fourth-order valence-electron chi connectivity index (χ4n) is 3.72. The van der Waals surface area contributed by atoms with Crippen LogP contribution in [0.2, 0.25) is 0 Å². The molecular weight excluding hydrogens is 278 g/mol. The van der Waals surface area contributed by atoms with E-state index in [9.17, 15) is 4.79 Å². The lowest BCUT2D eigenvalue weighted by atomic mass is 9.72. The summed E-state index contributed by atoms with van der Waals surface area (Å²) in [4.78, 5) is 14.4. The first kappa shape index (κ1) is 15.2. The largest absolute Gasteiger partial charge is 0.485 e. The van der Waals surface area contributed by atoms with Crippen molar-refractivity contribution in [3.8, 4) is 11.5 Å². The zero-order chi connectivity index (χ0) is 15.9. The van der Waals surface area contributed by atoms with E-state index in [1.54, 1.807) is 0 Å². The van der Waals surface area contributed by atoms with E-state index in [-0.39, 0.29) is 11.5 Å². The van der Waals surface area contributed by atoms with Crippen LogP contribution in [0, 0.1) is 12.8 Å². The highest BCUT2D eigenvalue weighted by atomic mass is 16.6. The van der Waals surface area contributed by atoms with Gasteiger partial charge in [0.25, 0.3) is 5.91 Å². The third kappa shape index (κ3) is 2.34. The molecule has 22 heavy (non-hydrogen) atoms. The normalized spacial score (nSPS) is 25.7. The second-order valence-electron chi connectivity index (χ2n) is 6.63. The van der Waals surface area contributed by atoms with Crippen molar-refractivity contribution in [3.63, 3.8) is 0 Å². The molecule has 1 aromatic carbocycles. The minimum Gasteiger partial charge on any atom is -0.485 e. The minimum atomic E-state index is -0.136. The van der Waals surface area contributed by atoms with Crippen LogP contribution in [0.5, 0.6) is 11.5 Å². The molecule has 3 rings (SSSR count). The molecule has 120 valence electrons. The summed E-state index contributed by atoms with van der Waals surface area (Å²) in [5, 5.41) is 0. The van der Waals surface area contributed by atoms with E-state index >= 15 is 0 Å². The van der Waals surface area contributed by atoms with E-state index in [2.05, 4.69) is 6.92 Å². The lowest BCUT2D eigenvalue weighted by Gasteiger charge is -2.48. The molecule has 0 saturated heterocycles. The topological polar surface area (TPSA) is 38.8 Å². The molecule has 1 aromatic rings. The van der Waals surface area contributed by atoms with Gasteiger partial charge in [-0.1, -0.05) is 6.92 Å². The van der Waals surface area contributed by atoms with Crippen molar-refractivity contribution in [1.29, 1.82) is 0 Å². The van der Waals surface area contributed by atoms with Crippen molar-refractivity contribution in [1.82, 2.24) is 4.90 Å². The van der Waals surface area contributed by atoms with Crippen LogP contribution in [0.15, 0.2) is 12.1 Å². The maximum Gasteiger partial charge on any atom is 0.254 e. The van der Waals surface area contributed by atoms with Gasteiger partial charge in [0.1, 0.15) is 12.2 Å². The van der Waals surface area contributed by atoms with Gasteiger partial charge >= 0.3 is 0 Å². The summed E-state index contributed by atoms with van der Waals surface area (Å²) < 4.78 is 12.2. The Morgan fingerprint density at radius 2 is 2.00 bits per heavy atom. The zero-order valence-electron chi connectivity index (χ0n) is 13.9. The summed E-state index contributed by atoms with van der Waals surface area (Å²) in [6.07, 6.45) is 2.09. The van der Waals surface area contributed by atoms with Gasteiger partial charge in [-0.25, -0.2) is 0 Å². The number of fused-ring (bicyclic) bond motifs is 1. The standard InChI is InChI=1S/C18H25NO3/c1-5-19(6-2)17(20)14-7-8-15-16(13(14)4)21-11-18(22-15)9-12(3)10-18/h7-8,12H,5-6,9-11H2,1-4H3. The van der Waals surface area contributed by atoms with Crippen LogP contribution >= 0.6 is 0 Å². The Morgan fingerprint density at radius 3 is 2.59 bits per heavy atom. The molecule has 1 spiro atoms. The van der Waals surface area contributed by atoms with Gasteiger partial charge in [0.15, 0.2) is 11.5 Å². The predicted molar refractivity (Wildman–Crippen MR) is 85.7 cm³/mol. The third-order valence-corrected chi connectivity index (χ3v) is 4.90. The average molecular weight is 303 g/mol. The minimum absolute atomic E-state index is 0.0615. The monoisotopic (exact) mass is 303 g/mol. The van der Waals surface area contributed by atoms with Gasteiger partial charge in [-0.15, -0.1) is 0 Å². The van der Waals surface area contributed by atoms with Crippen LogP contribution in [0.4, 0.5) is 0 Å². The summed E-state index contributed by atoms with van der Waals surface area (Å²) >= 11 is 0. The third-order valence-electron chi connectivity index (χ3n) is 4.90. The first-order valence-electron chi connectivity index (χ1n) is 8.24. The summed E-state index contributed by atoms with van der Waals surface area (Å²) in [7, 11) is 0. The molecule has 1 saturated carbocycles. The number of amides is 1. The zero-order valence-corrected chi connectivity index (χ0v) is 13.9. The number of carbonyl (C=O) groups excluding carboxylic acids is 1. The molecule has 4 nitrogen and oxygen atoms in total. The lowest BCUT2D eigenvalue weighted by molar-refractivity contribution is -0.0929. The van der Waals surface area contributed by atoms with E-state index in [0.717, 1.165) is 29.9 Å². The summed E-state index contributed by atoms with van der Waals surface area (Å²) in [5.41, 5.74) is 1.46. The smallest absolute Gasteiger partial charge is 0.254 e. The molecule has 0 radical (unpaired) electrons. The van der Waals surface area contributed by atoms with Gasteiger partial charge in [0, 0.05) is 24.2 Å². The highest BCUT2D eigenvalue weighted by molar-refractivity contribution is 5.96. The Hall–Kier alpha value is -1.71. The van der Waals surface area contributed by atoms with E-state index in [0.29, 0.717) is 31.2 Å². The molecular formula is C18H25NO3. The van der Waals surface area contributed by atoms with Crippen LogP contribution in [0.3, 0.4) is 0 Å². The summed E-state index contributed by atoms with van der Waals surface area (Å²) in [6.45, 7) is 10.2. The number of rotatable bonds is 3. The molecule has 2 aliphatic rings. The van der Waals surface area contributed by atoms with Crippen molar-refractivity contribution >= 4 is 5.91 Å². The van der Waals surface area contributed by atoms with E-state index in [1.165, 1.54) is 0 Å². The molecule has 1 aliphatic carbocycles. The molecule has 0 bridgehead atoms. The van der Waals surface area contributed by atoms with E-state index in [4.69, 9.17) is 9.47 Å². The predicted octanol–water partition coefficient (Wildman–Crippen LogP) is 3.42. The number of ether oxygens (including phenoxy) is 2.